The van der Waals surface area contributed by atoms with Gasteiger partial charge in [0.25, 0.3) is 5.69 Å². The summed E-state index contributed by atoms with van der Waals surface area (Å²) in [6.07, 6.45) is 5.86. The Labute approximate surface area is 163 Å². The van der Waals surface area contributed by atoms with Gasteiger partial charge in [0.15, 0.2) is 0 Å². The van der Waals surface area contributed by atoms with Gasteiger partial charge in [0.05, 0.1) is 24.6 Å². The number of aryl methyl sites for hydroxylation is 1. The molecule has 0 saturated heterocycles. The first kappa shape index (κ1) is 20.3. The van der Waals surface area contributed by atoms with Crippen LogP contribution in [0.4, 0.5) is 11.4 Å². The standard InChI is InChI=1S/C19H21N4O3.ClH/c1-21-11-12-22(15-21)10-9-20-18-8-7-17(13-19(18)23(24)25)26-14-16-5-3-2-4-6-16;/h2-8,11-13,15,20H,9-10,14H2,1H3;1H/q+1;/p-1. The largest absolute Gasteiger partial charge is 1.00 e. The highest BCUT2D eigenvalue weighted by molar-refractivity contribution is 5.63. The van der Waals surface area contributed by atoms with Gasteiger partial charge in [-0.05, 0) is 17.7 Å². The number of rotatable bonds is 8. The van der Waals surface area contributed by atoms with Gasteiger partial charge in [-0.2, -0.15) is 0 Å². The van der Waals surface area contributed by atoms with Crippen LogP contribution in [0.3, 0.4) is 0 Å². The lowest BCUT2D eigenvalue weighted by molar-refractivity contribution is -0.671. The van der Waals surface area contributed by atoms with E-state index in [1.54, 1.807) is 12.1 Å². The molecule has 8 heteroatoms. The molecule has 1 heterocycles. The number of nitro benzene ring substituents is 1. The van der Waals surface area contributed by atoms with Crippen molar-refractivity contribution in [3.8, 4) is 5.75 Å². The fraction of sp³-hybridized carbons (Fsp3) is 0.211. The molecule has 0 aliphatic rings. The maximum Gasteiger partial charge on any atom is 0.296 e. The topological polar surface area (TPSA) is 73.2 Å². The number of halogens is 1. The van der Waals surface area contributed by atoms with Crippen molar-refractivity contribution in [2.45, 2.75) is 13.2 Å². The molecule has 0 fully saturated rings. The number of ether oxygens (including phenoxy) is 1. The van der Waals surface area contributed by atoms with Crippen molar-refractivity contribution in [1.82, 2.24) is 4.57 Å². The maximum absolute atomic E-state index is 11.4. The predicted molar refractivity (Wildman–Crippen MR) is 98.0 cm³/mol. The molecule has 0 bridgehead atoms. The summed E-state index contributed by atoms with van der Waals surface area (Å²) in [6, 6.07) is 14.6. The molecule has 0 radical (unpaired) electrons. The number of aromatic nitrogens is 2. The SMILES string of the molecule is C[n+]1ccn(CCNc2ccc(OCc3ccccc3)cc2[N+](=O)[O-])c1.[Cl-]. The molecule has 0 amide bonds. The molecular weight excluding hydrogens is 368 g/mol. The predicted octanol–water partition coefficient (Wildman–Crippen LogP) is -0.0841. The van der Waals surface area contributed by atoms with Gasteiger partial charge in [0, 0.05) is 0 Å². The molecule has 3 aromatic rings. The Bertz CT molecular complexity index is 884. The van der Waals surface area contributed by atoms with E-state index in [1.165, 1.54) is 6.07 Å². The third kappa shape index (κ3) is 5.72. The molecule has 3 rings (SSSR count). The molecule has 2 aromatic carbocycles. The fourth-order valence-corrected chi connectivity index (χ4v) is 2.60. The molecule has 0 aliphatic carbocycles. The lowest BCUT2D eigenvalue weighted by Crippen LogP contribution is -3.00. The van der Waals surface area contributed by atoms with E-state index in [0.29, 0.717) is 31.1 Å². The minimum absolute atomic E-state index is 0. The minimum Gasteiger partial charge on any atom is -1.00 e. The number of nitrogens with zero attached hydrogens (tertiary/aromatic N) is 3. The van der Waals surface area contributed by atoms with Crippen LogP contribution in [0, 0.1) is 10.1 Å². The number of nitro groups is 1. The Balaban J connectivity index is 0.00000261. The van der Waals surface area contributed by atoms with Crippen molar-refractivity contribution in [3.63, 3.8) is 0 Å². The van der Waals surface area contributed by atoms with Crippen LogP contribution in [0.15, 0.2) is 67.3 Å². The Morgan fingerprint density at radius 1 is 1.22 bits per heavy atom. The molecular formula is C19H21ClN4O3. The summed E-state index contributed by atoms with van der Waals surface area (Å²) in [5.41, 5.74) is 1.50. The molecule has 1 aromatic heterocycles. The Hall–Kier alpha value is -3.06. The first-order valence-corrected chi connectivity index (χ1v) is 8.32. The molecule has 27 heavy (non-hydrogen) atoms. The van der Waals surface area contributed by atoms with E-state index in [9.17, 15) is 10.1 Å². The van der Waals surface area contributed by atoms with Crippen LogP contribution in [0.5, 0.6) is 5.75 Å². The zero-order chi connectivity index (χ0) is 18.4. The van der Waals surface area contributed by atoms with Crippen molar-refractivity contribution >= 4 is 11.4 Å². The number of anilines is 1. The van der Waals surface area contributed by atoms with Crippen LogP contribution >= 0.6 is 0 Å². The normalized spacial score (nSPS) is 10.1. The van der Waals surface area contributed by atoms with E-state index in [2.05, 4.69) is 5.32 Å². The van der Waals surface area contributed by atoms with Crippen LogP contribution in [-0.2, 0) is 20.2 Å². The van der Waals surface area contributed by atoms with Gasteiger partial charge in [-0.3, -0.25) is 10.1 Å². The zero-order valence-corrected chi connectivity index (χ0v) is 15.7. The number of nitrogens with one attached hydrogen (secondary N) is 1. The number of hydrogen-bond acceptors (Lipinski definition) is 4. The third-order valence-electron chi connectivity index (χ3n) is 3.92. The average Bonchev–Trinajstić information content (AvgIpc) is 3.06. The van der Waals surface area contributed by atoms with Crippen molar-refractivity contribution in [1.29, 1.82) is 0 Å². The highest BCUT2D eigenvalue weighted by atomic mass is 35.5. The summed E-state index contributed by atoms with van der Waals surface area (Å²) < 4.78 is 9.63. The van der Waals surface area contributed by atoms with Gasteiger partial charge in [-0.25, -0.2) is 9.13 Å². The summed E-state index contributed by atoms with van der Waals surface area (Å²) in [7, 11) is 1.95. The summed E-state index contributed by atoms with van der Waals surface area (Å²) in [6.45, 7) is 1.67. The van der Waals surface area contributed by atoms with Crippen LogP contribution in [0.1, 0.15) is 5.56 Å². The molecule has 0 spiro atoms. The highest BCUT2D eigenvalue weighted by Crippen LogP contribution is 2.29. The molecule has 0 saturated carbocycles. The van der Waals surface area contributed by atoms with Gasteiger partial charge in [0.1, 0.15) is 37.0 Å². The minimum atomic E-state index is -0.395. The van der Waals surface area contributed by atoms with E-state index in [1.807, 2.05) is 65.2 Å². The number of hydrogen-bond donors (Lipinski definition) is 1. The van der Waals surface area contributed by atoms with Crippen molar-refractivity contribution in [2.24, 2.45) is 7.05 Å². The smallest absolute Gasteiger partial charge is 0.296 e. The van der Waals surface area contributed by atoms with E-state index in [-0.39, 0.29) is 18.1 Å². The Morgan fingerprint density at radius 2 is 2.00 bits per heavy atom. The van der Waals surface area contributed by atoms with Crippen LogP contribution in [0.2, 0.25) is 0 Å². The lowest BCUT2D eigenvalue weighted by atomic mass is 10.2. The van der Waals surface area contributed by atoms with Crippen LogP contribution in [0.25, 0.3) is 0 Å². The fourth-order valence-electron chi connectivity index (χ4n) is 2.60. The van der Waals surface area contributed by atoms with Gasteiger partial charge in [-0.15, -0.1) is 0 Å². The molecule has 7 nitrogen and oxygen atoms in total. The summed E-state index contributed by atoms with van der Waals surface area (Å²) in [5, 5.41) is 14.5. The quantitative estimate of drug-likeness (QED) is 0.333. The number of benzene rings is 2. The molecule has 142 valence electrons. The second-order valence-corrected chi connectivity index (χ2v) is 5.95. The van der Waals surface area contributed by atoms with E-state index in [0.717, 1.165) is 5.56 Å². The molecule has 0 aliphatic heterocycles. The Morgan fingerprint density at radius 3 is 2.67 bits per heavy atom. The average molecular weight is 389 g/mol. The molecule has 1 N–H and O–H groups in total. The molecule has 0 atom stereocenters. The summed E-state index contributed by atoms with van der Waals surface area (Å²) in [4.78, 5) is 11.0. The monoisotopic (exact) mass is 388 g/mol. The van der Waals surface area contributed by atoms with Crippen LogP contribution < -0.4 is 27.0 Å². The second kappa shape index (κ2) is 9.59. The lowest BCUT2D eigenvalue weighted by Gasteiger charge is -2.09. The second-order valence-electron chi connectivity index (χ2n) is 5.95. The summed E-state index contributed by atoms with van der Waals surface area (Å²) in [5.74, 6) is 0.475. The van der Waals surface area contributed by atoms with E-state index < -0.39 is 4.92 Å². The van der Waals surface area contributed by atoms with Crippen molar-refractivity contribution in [3.05, 3.63) is 82.9 Å². The van der Waals surface area contributed by atoms with Crippen molar-refractivity contribution < 1.29 is 26.6 Å². The Kier molecular flexibility index (Phi) is 7.19. The molecule has 0 unspecified atom stereocenters. The van der Waals surface area contributed by atoms with E-state index in [4.69, 9.17) is 4.74 Å². The maximum atomic E-state index is 11.4. The first-order chi connectivity index (χ1) is 12.6. The van der Waals surface area contributed by atoms with E-state index >= 15 is 0 Å². The van der Waals surface area contributed by atoms with Gasteiger partial charge in [-0.1, -0.05) is 30.3 Å². The van der Waals surface area contributed by atoms with Gasteiger partial charge < -0.3 is 22.5 Å². The third-order valence-corrected chi connectivity index (χ3v) is 3.92. The zero-order valence-electron chi connectivity index (χ0n) is 14.9. The first-order valence-electron chi connectivity index (χ1n) is 8.32. The highest BCUT2D eigenvalue weighted by Gasteiger charge is 2.15. The van der Waals surface area contributed by atoms with Gasteiger partial charge >= 0.3 is 0 Å². The van der Waals surface area contributed by atoms with Gasteiger partial charge in [0.2, 0.25) is 6.33 Å². The number of imidazole rings is 1. The summed E-state index contributed by atoms with van der Waals surface area (Å²) >= 11 is 0. The van der Waals surface area contributed by atoms with Crippen molar-refractivity contribution in [2.75, 3.05) is 11.9 Å². The van der Waals surface area contributed by atoms with Crippen LogP contribution in [-0.4, -0.2) is 16.0 Å².